The van der Waals surface area contributed by atoms with Gasteiger partial charge in [-0.05, 0) is 18.6 Å². The third-order valence-corrected chi connectivity index (χ3v) is 1.73. The first kappa shape index (κ1) is 11.4. The molecule has 0 saturated carbocycles. The predicted octanol–water partition coefficient (Wildman–Crippen LogP) is 3.00. The van der Waals surface area contributed by atoms with Crippen LogP contribution in [0.5, 0.6) is 0 Å². The quantitative estimate of drug-likeness (QED) is 0.245. The summed E-state index contributed by atoms with van der Waals surface area (Å²) in [7, 11) is 0. The van der Waals surface area contributed by atoms with Crippen LogP contribution in [0.15, 0.2) is 18.2 Å². The van der Waals surface area contributed by atoms with E-state index in [-0.39, 0.29) is 5.57 Å². The van der Waals surface area contributed by atoms with Crippen molar-refractivity contribution in [1.82, 2.24) is 0 Å². The smallest absolute Gasteiger partial charge is 0.198 e. The standard InChI is InChI=1S/C10H6F4O/c1-4(2)10(15)5-3-6(11)8(13)9(14)7(5)12/h3H,1H2,2H3. The molecule has 0 heterocycles. The minimum Gasteiger partial charge on any atom is -0.289 e. The summed E-state index contributed by atoms with van der Waals surface area (Å²) in [5.74, 6) is -8.23. The van der Waals surface area contributed by atoms with Gasteiger partial charge in [0.25, 0.3) is 0 Å². The highest BCUT2D eigenvalue weighted by Crippen LogP contribution is 2.20. The molecule has 0 bridgehead atoms. The highest BCUT2D eigenvalue weighted by Gasteiger charge is 2.22. The largest absolute Gasteiger partial charge is 0.289 e. The van der Waals surface area contributed by atoms with E-state index in [0.717, 1.165) is 0 Å². The molecule has 1 aromatic carbocycles. The maximum Gasteiger partial charge on any atom is 0.198 e. The van der Waals surface area contributed by atoms with Crippen LogP contribution in [0.25, 0.3) is 0 Å². The Morgan fingerprint density at radius 2 is 1.67 bits per heavy atom. The molecule has 80 valence electrons. The van der Waals surface area contributed by atoms with E-state index < -0.39 is 34.6 Å². The fourth-order valence-electron chi connectivity index (χ4n) is 0.968. The molecule has 0 aromatic heterocycles. The van der Waals surface area contributed by atoms with Crippen LogP contribution < -0.4 is 0 Å². The van der Waals surface area contributed by atoms with Crippen molar-refractivity contribution in [3.8, 4) is 0 Å². The monoisotopic (exact) mass is 218 g/mol. The Labute approximate surface area is 83.0 Å². The van der Waals surface area contributed by atoms with Gasteiger partial charge >= 0.3 is 0 Å². The van der Waals surface area contributed by atoms with Crippen molar-refractivity contribution in [2.24, 2.45) is 0 Å². The Morgan fingerprint density at radius 3 is 2.13 bits per heavy atom. The molecule has 1 nitrogen and oxygen atoms in total. The summed E-state index contributed by atoms with van der Waals surface area (Å²) < 4.78 is 50.9. The molecule has 1 aromatic rings. The number of carbonyl (C=O) groups is 1. The topological polar surface area (TPSA) is 17.1 Å². The lowest BCUT2D eigenvalue weighted by Gasteiger charge is -2.04. The molecule has 1 rings (SSSR count). The van der Waals surface area contributed by atoms with Crippen LogP contribution >= 0.6 is 0 Å². The molecule has 0 atom stereocenters. The van der Waals surface area contributed by atoms with E-state index in [1.54, 1.807) is 0 Å². The van der Waals surface area contributed by atoms with Crippen LogP contribution in [0.1, 0.15) is 17.3 Å². The van der Waals surface area contributed by atoms with Crippen LogP contribution in [0.3, 0.4) is 0 Å². The number of carbonyl (C=O) groups excluding carboxylic acids is 1. The fourth-order valence-corrected chi connectivity index (χ4v) is 0.968. The highest BCUT2D eigenvalue weighted by molar-refractivity contribution is 6.08. The summed E-state index contributed by atoms with van der Waals surface area (Å²) in [6, 6.07) is 0.310. The molecule has 0 fully saturated rings. The Bertz CT molecular complexity index is 451. The Hall–Kier alpha value is -1.65. The number of benzene rings is 1. The number of Topliss-reactive ketones (excluding diaryl/α,β-unsaturated/α-hetero) is 1. The van der Waals surface area contributed by atoms with E-state index in [0.29, 0.717) is 6.07 Å². The van der Waals surface area contributed by atoms with Gasteiger partial charge in [0.15, 0.2) is 29.1 Å². The van der Waals surface area contributed by atoms with Gasteiger partial charge in [0.05, 0.1) is 5.56 Å². The lowest BCUT2D eigenvalue weighted by atomic mass is 10.0. The maximum atomic E-state index is 13.0. The molecule has 0 aliphatic rings. The van der Waals surface area contributed by atoms with Crippen LogP contribution in [0.2, 0.25) is 0 Å². The lowest BCUT2D eigenvalue weighted by molar-refractivity contribution is 0.102. The first-order chi connectivity index (χ1) is 6.86. The van der Waals surface area contributed by atoms with Gasteiger partial charge in [-0.3, -0.25) is 4.79 Å². The third kappa shape index (κ3) is 1.91. The van der Waals surface area contributed by atoms with Gasteiger partial charge in [0, 0.05) is 0 Å². The van der Waals surface area contributed by atoms with Gasteiger partial charge in [-0.25, -0.2) is 17.6 Å². The molecule has 0 aliphatic carbocycles. The van der Waals surface area contributed by atoms with Crippen molar-refractivity contribution >= 4 is 5.78 Å². The molecule has 0 spiro atoms. The molecule has 0 amide bonds. The van der Waals surface area contributed by atoms with Crippen LogP contribution in [0.4, 0.5) is 17.6 Å². The predicted molar refractivity (Wildman–Crippen MR) is 45.4 cm³/mol. The maximum absolute atomic E-state index is 13.0. The zero-order chi connectivity index (χ0) is 11.7. The fraction of sp³-hybridized carbons (Fsp3) is 0.100. The number of hydrogen-bond donors (Lipinski definition) is 0. The summed E-state index contributed by atoms with van der Waals surface area (Å²) >= 11 is 0. The van der Waals surface area contributed by atoms with Crippen molar-refractivity contribution < 1.29 is 22.4 Å². The van der Waals surface area contributed by atoms with E-state index >= 15 is 0 Å². The van der Waals surface area contributed by atoms with Crippen molar-refractivity contribution in [3.63, 3.8) is 0 Å². The number of halogens is 4. The summed E-state index contributed by atoms with van der Waals surface area (Å²) in [6.07, 6.45) is 0. The first-order valence-corrected chi connectivity index (χ1v) is 3.89. The normalized spacial score (nSPS) is 10.2. The van der Waals surface area contributed by atoms with Crippen LogP contribution in [-0.2, 0) is 0 Å². The average molecular weight is 218 g/mol. The second kappa shape index (κ2) is 3.84. The molecular formula is C10H6F4O. The van der Waals surface area contributed by atoms with Crippen molar-refractivity contribution in [3.05, 3.63) is 47.1 Å². The van der Waals surface area contributed by atoms with Gasteiger partial charge in [0.1, 0.15) is 0 Å². The first-order valence-electron chi connectivity index (χ1n) is 3.89. The lowest BCUT2D eigenvalue weighted by Crippen LogP contribution is -2.08. The zero-order valence-corrected chi connectivity index (χ0v) is 7.70. The van der Waals surface area contributed by atoms with Gasteiger partial charge in [-0.2, -0.15) is 0 Å². The summed E-state index contributed by atoms with van der Waals surface area (Å²) in [5.41, 5.74) is -0.960. The third-order valence-electron chi connectivity index (χ3n) is 1.73. The van der Waals surface area contributed by atoms with Crippen molar-refractivity contribution in [2.45, 2.75) is 6.92 Å². The molecule has 0 unspecified atom stereocenters. The van der Waals surface area contributed by atoms with Crippen LogP contribution in [0, 0.1) is 23.3 Å². The second-order valence-electron chi connectivity index (χ2n) is 2.96. The van der Waals surface area contributed by atoms with E-state index in [1.807, 2.05) is 0 Å². The Balaban J connectivity index is 3.45. The molecule has 0 aliphatic heterocycles. The van der Waals surface area contributed by atoms with E-state index in [2.05, 4.69) is 6.58 Å². The van der Waals surface area contributed by atoms with Crippen molar-refractivity contribution in [2.75, 3.05) is 0 Å². The van der Waals surface area contributed by atoms with Gasteiger partial charge in [-0.15, -0.1) is 0 Å². The summed E-state index contributed by atoms with van der Waals surface area (Å²) in [6.45, 7) is 4.45. The van der Waals surface area contributed by atoms with Gasteiger partial charge in [0.2, 0.25) is 0 Å². The molecule has 0 saturated heterocycles. The number of rotatable bonds is 2. The molecule has 5 heteroatoms. The van der Waals surface area contributed by atoms with Crippen molar-refractivity contribution in [1.29, 1.82) is 0 Å². The van der Waals surface area contributed by atoms with Gasteiger partial charge in [-0.1, -0.05) is 6.58 Å². The van der Waals surface area contributed by atoms with E-state index in [4.69, 9.17) is 0 Å². The molecule has 0 radical (unpaired) electrons. The Morgan fingerprint density at radius 1 is 1.13 bits per heavy atom. The highest BCUT2D eigenvalue weighted by atomic mass is 19.2. The second-order valence-corrected chi connectivity index (χ2v) is 2.96. The number of ketones is 1. The summed E-state index contributed by atoms with van der Waals surface area (Å²) in [5, 5.41) is 0. The minimum atomic E-state index is -2.00. The summed E-state index contributed by atoms with van der Waals surface area (Å²) in [4.78, 5) is 11.2. The van der Waals surface area contributed by atoms with Crippen LogP contribution in [-0.4, -0.2) is 5.78 Å². The Kier molecular flexibility index (Phi) is 2.93. The molecule has 0 N–H and O–H groups in total. The van der Waals surface area contributed by atoms with Gasteiger partial charge < -0.3 is 0 Å². The zero-order valence-electron chi connectivity index (χ0n) is 7.70. The average Bonchev–Trinajstić information content (AvgIpc) is 2.19. The number of allylic oxidation sites excluding steroid dienone is 1. The van der Waals surface area contributed by atoms with E-state index in [9.17, 15) is 22.4 Å². The molecular weight excluding hydrogens is 212 g/mol. The minimum absolute atomic E-state index is 0.0979. The van der Waals surface area contributed by atoms with E-state index in [1.165, 1.54) is 6.92 Å². The SMILES string of the molecule is C=C(C)C(=O)c1cc(F)c(F)c(F)c1F. The number of hydrogen-bond acceptors (Lipinski definition) is 1. The molecule has 15 heavy (non-hydrogen) atoms.